The van der Waals surface area contributed by atoms with Crippen molar-refractivity contribution in [1.82, 2.24) is 4.90 Å². The lowest BCUT2D eigenvalue weighted by atomic mass is 10.1. The van der Waals surface area contributed by atoms with Gasteiger partial charge in [-0.1, -0.05) is 12.1 Å². The molecule has 2 N–H and O–H groups in total. The highest BCUT2D eigenvalue weighted by Gasteiger charge is 2.35. The van der Waals surface area contributed by atoms with Gasteiger partial charge in [0.25, 0.3) is 11.8 Å². The molecule has 0 bridgehead atoms. The Kier molecular flexibility index (Phi) is 4.94. The number of imide groups is 1. The van der Waals surface area contributed by atoms with Gasteiger partial charge in [-0.15, -0.1) is 0 Å². The molecule has 2 amide bonds. The summed E-state index contributed by atoms with van der Waals surface area (Å²) in [6, 6.07) is 6.74. The van der Waals surface area contributed by atoms with Crippen LogP contribution in [0.2, 0.25) is 0 Å². The number of hydrogen-bond acceptors (Lipinski definition) is 6. The number of rotatable bonds is 6. The minimum atomic E-state index is -0.959. The number of fused-ring (bicyclic) bond motifs is 1. The molecular weight excluding hydrogens is 314 g/mol. The molecule has 0 aromatic heterocycles. The lowest BCUT2D eigenvalue weighted by Crippen LogP contribution is -2.43. The van der Waals surface area contributed by atoms with E-state index in [0.717, 1.165) is 0 Å². The molecule has 0 fully saturated rings. The average Bonchev–Trinajstić information content (AvgIpc) is 2.85. The molecule has 1 unspecified atom stereocenters. The summed E-state index contributed by atoms with van der Waals surface area (Å²) in [5.74, 6) is -0.580. The quantitative estimate of drug-likeness (QED) is 0.575. The number of aliphatic hydroxyl groups is 2. The van der Waals surface area contributed by atoms with Gasteiger partial charge in [0.1, 0.15) is 18.3 Å². The predicted molar refractivity (Wildman–Crippen MR) is 83.3 cm³/mol. The highest BCUT2D eigenvalue weighted by Crippen LogP contribution is 2.22. The van der Waals surface area contributed by atoms with Crippen LogP contribution < -0.4 is 0 Å². The molecule has 2 aliphatic heterocycles. The van der Waals surface area contributed by atoms with Gasteiger partial charge in [-0.25, -0.2) is 0 Å². The molecular formula is C17H19NO6. The molecule has 0 saturated carbocycles. The molecule has 1 aromatic carbocycles. The van der Waals surface area contributed by atoms with Gasteiger partial charge in [0.15, 0.2) is 0 Å². The Balaban J connectivity index is 1.50. The maximum atomic E-state index is 12.2. The second kappa shape index (κ2) is 7.12. The van der Waals surface area contributed by atoms with Crippen LogP contribution in [0.15, 0.2) is 36.6 Å². The van der Waals surface area contributed by atoms with Crippen LogP contribution in [-0.4, -0.2) is 65.0 Å². The second-order valence-corrected chi connectivity index (χ2v) is 5.67. The van der Waals surface area contributed by atoms with Gasteiger partial charge in [-0.3, -0.25) is 14.5 Å². The SMILES string of the molecule is O=C1c2ccccc2C(=O)N1CCCO[C@@H]1C=COC(CO)[C@@H]1O. The summed E-state index contributed by atoms with van der Waals surface area (Å²) >= 11 is 0. The topological polar surface area (TPSA) is 96.3 Å². The third-order valence-electron chi connectivity index (χ3n) is 4.13. The van der Waals surface area contributed by atoms with Crippen molar-refractivity contribution in [3.05, 3.63) is 47.7 Å². The van der Waals surface area contributed by atoms with Gasteiger partial charge in [0.05, 0.1) is 24.0 Å². The number of aliphatic hydroxyl groups excluding tert-OH is 2. The largest absolute Gasteiger partial charge is 0.493 e. The Labute approximate surface area is 139 Å². The number of carbonyl (C=O) groups is 2. The molecule has 1 aromatic rings. The zero-order valence-electron chi connectivity index (χ0n) is 13.0. The van der Waals surface area contributed by atoms with Crippen LogP contribution in [0.4, 0.5) is 0 Å². The number of nitrogens with zero attached hydrogens (tertiary/aromatic N) is 1. The zero-order valence-corrected chi connectivity index (χ0v) is 13.0. The van der Waals surface area contributed by atoms with Crippen molar-refractivity contribution < 1.29 is 29.3 Å². The number of ether oxygens (including phenoxy) is 2. The molecule has 24 heavy (non-hydrogen) atoms. The van der Waals surface area contributed by atoms with Crippen molar-refractivity contribution >= 4 is 11.8 Å². The minimum absolute atomic E-state index is 0.249. The van der Waals surface area contributed by atoms with Crippen molar-refractivity contribution in [2.24, 2.45) is 0 Å². The molecule has 7 nitrogen and oxygen atoms in total. The molecule has 2 aliphatic rings. The maximum Gasteiger partial charge on any atom is 0.261 e. The third kappa shape index (κ3) is 3.06. The summed E-state index contributed by atoms with van der Waals surface area (Å²) < 4.78 is 10.6. The lowest BCUT2D eigenvalue weighted by molar-refractivity contribution is -0.102. The second-order valence-electron chi connectivity index (χ2n) is 5.67. The van der Waals surface area contributed by atoms with Crippen molar-refractivity contribution in [3.63, 3.8) is 0 Å². The Bertz CT molecular complexity index is 623. The molecule has 128 valence electrons. The van der Waals surface area contributed by atoms with Gasteiger partial charge < -0.3 is 19.7 Å². The number of carbonyl (C=O) groups excluding carboxylic acids is 2. The fourth-order valence-corrected chi connectivity index (χ4v) is 2.82. The number of benzene rings is 1. The Morgan fingerprint density at radius 2 is 1.83 bits per heavy atom. The van der Waals surface area contributed by atoms with E-state index in [-0.39, 0.29) is 31.6 Å². The summed E-state index contributed by atoms with van der Waals surface area (Å²) in [7, 11) is 0. The van der Waals surface area contributed by atoms with E-state index in [4.69, 9.17) is 14.6 Å². The van der Waals surface area contributed by atoms with Gasteiger partial charge in [-0.2, -0.15) is 0 Å². The molecule has 0 saturated heterocycles. The van der Waals surface area contributed by atoms with E-state index in [1.807, 2.05) is 0 Å². The molecule has 3 atom stereocenters. The predicted octanol–water partition coefficient (Wildman–Crippen LogP) is 0.324. The third-order valence-corrected chi connectivity index (χ3v) is 4.13. The van der Waals surface area contributed by atoms with Gasteiger partial charge >= 0.3 is 0 Å². The fraction of sp³-hybridized carbons (Fsp3) is 0.412. The van der Waals surface area contributed by atoms with E-state index < -0.39 is 18.3 Å². The summed E-state index contributed by atoms with van der Waals surface area (Å²) in [6.45, 7) is 0.205. The molecule has 0 radical (unpaired) electrons. The first kappa shape index (κ1) is 16.6. The molecule has 3 rings (SSSR count). The van der Waals surface area contributed by atoms with Crippen LogP contribution in [0.5, 0.6) is 0 Å². The fourth-order valence-electron chi connectivity index (χ4n) is 2.82. The van der Waals surface area contributed by atoms with E-state index in [2.05, 4.69) is 0 Å². The van der Waals surface area contributed by atoms with Crippen LogP contribution in [0.3, 0.4) is 0 Å². The summed E-state index contributed by atoms with van der Waals surface area (Å²) in [4.78, 5) is 25.6. The van der Waals surface area contributed by atoms with Crippen molar-refractivity contribution in [3.8, 4) is 0 Å². The van der Waals surface area contributed by atoms with E-state index in [1.54, 1.807) is 30.3 Å². The molecule has 0 aliphatic carbocycles. The first-order valence-electron chi connectivity index (χ1n) is 7.81. The van der Waals surface area contributed by atoms with Crippen LogP contribution >= 0.6 is 0 Å². The van der Waals surface area contributed by atoms with Gasteiger partial charge in [0, 0.05) is 13.2 Å². The van der Waals surface area contributed by atoms with Crippen molar-refractivity contribution in [2.45, 2.75) is 24.7 Å². The normalized spacial score (nSPS) is 25.8. The van der Waals surface area contributed by atoms with Crippen LogP contribution in [0, 0.1) is 0 Å². The van der Waals surface area contributed by atoms with E-state index >= 15 is 0 Å². The summed E-state index contributed by atoms with van der Waals surface area (Å²) in [5, 5.41) is 19.0. The summed E-state index contributed by atoms with van der Waals surface area (Å²) in [6.07, 6.45) is 1.16. The number of amides is 2. The van der Waals surface area contributed by atoms with Crippen LogP contribution in [0.1, 0.15) is 27.1 Å². The van der Waals surface area contributed by atoms with Gasteiger partial charge in [0.2, 0.25) is 0 Å². The highest BCUT2D eigenvalue weighted by molar-refractivity contribution is 6.21. The Hall–Kier alpha value is -2.22. The van der Waals surface area contributed by atoms with Gasteiger partial charge in [-0.05, 0) is 24.6 Å². The summed E-state index contributed by atoms with van der Waals surface area (Å²) in [5.41, 5.74) is 0.856. The van der Waals surface area contributed by atoms with E-state index in [9.17, 15) is 14.7 Å². The minimum Gasteiger partial charge on any atom is -0.493 e. The van der Waals surface area contributed by atoms with E-state index in [1.165, 1.54) is 11.2 Å². The molecule has 2 heterocycles. The molecule has 7 heteroatoms. The monoisotopic (exact) mass is 333 g/mol. The molecule has 0 spiro atoms. The smallest absolute Gasteiger partial charge is 0.261 e. The van der Waals surface area contributed by atoms with Crippen LogP contribution in [-0.2, 0) is 9.47 Å². The van der Waals surface area contributed by atoms with Crippen molar-refractivity contribution in [2.75, 3.05) is 19.8 Å². The number of hydrogen-bond donors (Lipinski definition) is 2. The van der Waals surface area contributed by atoms with E-state index in [0.29, 0.717) is 17.5 Å². The highest BCUT2D eigenvalue weighted by atomic mass is 16.5. The first-order valence-corrected chi connectivity index (χ1v) is 7.81. The Morgan fingerprint density at radius 1 is 1.17 bits per heavy atom. The van der Waals surface area contributed by atoms with Crippen LogP contribution in [0.25, 0.3) is 0 Å². The standard InChI is InChI=1S/C17H19NO6/c19-10-14-15(20)13(6-9-24-14)23-8-3-7-18-16(21)11-4-1-2-5-12(11)17(18)22/h1-2,4-6,9,13-15,19-20H,3,7-8,10H2/t13-,14?,15-/m1/s1. The lowest BCUT2D eigenvalue weighted by Gasteiger charge is -2.30. The van der Waals surface area contributed by atoms with Crippen molar-refractivity contribution in [1.29, 1.82) is 0 Å². The average molecular weight is 333 g/mol. The first-order chi connectivity index (χ1) is 11.6. The zero-order chi connectivity index (χ0) is 17.1. The maximum absolute atomic E-state index is 12.2. The Morgan fingerprint density at radius 3 is 2.46 bits per heavy atom.